The molecule has 1 heterocycles. The van der Waals surface area contributed by atoms with Gasteiger partial charge >= 0.3 is 0 Å². The van der Waals surface area contributed by atoms with Gasteiger partial charge < -0.3 is 14.9 Å². The Labute approximate surface area is 115 Å². The first-order valence-corrected chi connectivity index (χ1v) is 6.85. The smallest absolute Gasteiger partial charge is 0.148 e. The van der Waals surface area contributed by atoms with Crippen LogP contribution in [0.15, 0.2) is 33.2 Å². The van der Waals surface area contributed by atoms with E-state index < -0.39 is 0 Å². The molecule has 0 aliphatic carbocycles. The molecule has 1 aromatic carbocycles. The van der Waals surface area contributed by atoms with E-state index in [0.717, 1.165) is 34.2 Å². The van der Waals surface area contributed by atoms with Gasteiger partial charge in [-0.15, -0.1) is 0 Å². The number of rotatable bonds is 5. The second-order valence-corrected chi connectivity index (χ2v) is 5.45. The number of hydrogen-bond donors (Lipinski definition) is 1. The van der Waals surface area contributed by atoms with Gasteiger partial charge in [-0.2, -0.15) is 0 Å². The zero-order valence-electron chi connectivity index (χ0n) is 10.7. The number of halogens is 1. The second kappa shape index (κ2) is 5.87. The third-order valence-electron chi connectivity index (χ3n) is 3.23. The van der Waals surface area contributed by atoms with Crippen molar-refractivity contribution in [3.8, 4) is 0 Å². The van der Waals surface area contributed by atoms with Gasteiger partial charge in [0.15, 0.2) is 0 Å². The van der Waals surface area contributed by atoms with Gasteiger partial charge in [-0.1, -0.05) is 19.1 Å². The highest BCUT2D eigenvalue weighted by atomic mass is 79.9. The second-order valence-electron chi connectivity index (χ2n) is 4.59. The Balaban J connectivity index is 2.22. The fraction of sp³-hybridized carbons (Fsp3) is 0.429. The first-order chi connectivity index (χ1) is 8.63. The van der Waals surface area contributed by atoms with Crippen LogP contribution >= 0.6 is 15.9 Å². The van der Waals surface area contributed by atoms with E-state index in [4.69, 9.17) is 14.9 Å². The molecule has 0 amide bonds. The van der Waals surface area contributed by atoms with Crippen molar-refractivity contribution in [1.82, 2.24) is 0 Å². The van der Waals surface area contributed by atoms with Crippen LogP contribution in [0.2, 0.25) is 0 Å². The average molecular weight is 312 g/mol. The van der Waals surface area contributed by atoms with Crippen molar-refractivity contribution < 1.29 is 9.15 Å². The van der Waals surface area contributed by atoms with Crippen LogP contribution in [0.3, 0.4) is 0 Å². The summed E-state index contributed by atoms with van der Waals surface area (Å²) < 4.78 is 11.9. The maximum Gasteiger partial charge on any atom is 0.148 e. The molecule has 2 atom stereocenters. The van der Waals surface area contributed by atoms with E-state index >= 15 is 0 Å². The summed E-state index contributed by atoms with van der Waals surface area (Å²) in [5, 5.41) is 1.08. The fourth-order valence-electron chi connectivity index (χ4n) is 1.98. The summed E-state index contributed by atoms with van der Waals surface area (Å²) in [5.74, 6) is 1.16. The number of furan rings is 1. The minimum absolute atomic E-state index is 0.0977. The van der Waals surface area contributed by atoms with Crippen molar-refractivity contribution in [2.75, 3.05) is 13.7 Å². The van der Waals surface area contributed by atoms with Crippen LogP contribution in [0.25, 0.3) is 11.0 Å². The van der Waals surface area contributed by atoms with Crippen LogP contribution < -0.4 is 5.73 Å². The number of benzene rings is 1. The molecule has 0 fully saturated rings. The largest absolute Gasteiger partial charge is 0.458 e. The first kappa shape index (κ1) is 13.6. The number of methoxy groups -OCH3 is 1. The lowest BCUT2D eigenvalue weighted by atomic mass is 9.97. The van der Waals surface area contributed by atoms with Crippen LogP contribution in [0, 0.1) is 5.92 Å². The van der Waals surface area contributed by atoms with Crippen LogP contribution in [0.4, 0.5) is 0 Å². The normalized spacial score (nSPS) is 14.9. The molecule has 2 aromatic rings. The Bertz CT molecular complexity index is 523. The van der Waals surface area contributed by atoms with Crippen molar-refractivity contribution in [2.45, 2.75) is 19.4 Å². The maximum absolute atomic E-state index is 6.23. The van der Waals surface area contributed by atoms with Crippen molar-refractivity contribution in [3.63, 3.8) is 0 Å². The lowest BCUT2D eigenvalue weighted by molar-refractivity contribution is 0.172. The summed E-state index contributed by atoms with van der Waals surface area (Å²) in [6, 6.07) is 7.91. The molecule has 0 aliphatic rings. The number of para-hydroxylation sites is 1. The summed E-state index contributed by atoms with van der Waals surface area (Å²) in [6.45, 7) is 2.84. The molecule has 2 rings (SSSR count). The minimum Gasteiger partial charge on any atom is -0.458 e. The topological polar surface area (TPSA) is 48.4 Å². The highest BCUT2D eigenvalue weighted by Crippen LogP contribution is 2.31. The van der Waals surface area contributed by atoms with Gasteiger partial charge in [0.2, 0.25) is 0 Å². The molecule has 2 N–H and O–H groups in total. The Morgan fingerprint density at radius 3 is 2.89 bits per heavy atom. The Morgan fingerprint density at radius 1 is 1.44 bits per heavy atom. The molecule has 2 unspecified atom stereocenters. The van der Waals surface area contributed by atoms with Crippen molar-refractivity contribution in [2.24, 2.45) is 11.7 Å². The zero-order valence-corrected chi connectivity index (χ0v) is 12.2. The van der Waals surface area contributed by atoms with Gasteiger partial charge in [0.05, 0.1) is 10.5 Å². The summed E-state index contributed by atoms with van der Waals surface area (Å²) in [6.07, 6.45) is 0.926. The van der Waals surface area contributed by atoms with Crippen molar-refractivity contribution in [3.05, 3.63) is 34.5 Å². The van der Waals surface area contributed by atoms with Crippen LogP contribution in [-0.2, 0) is 4.74 Å². The molecule has 0 saturated carbocycles. The van der Waals surface area contributed by atoms with Crippen LogP contribution in [0.5, 0.6) is 0 Å². The monoisotopic (exact) mass is 311 g/mol. The predicted octanol–water partition coefficient (Wildman–Crippen LogP) is 3.87. The van der Waals surface area contributed by atoms with Gasteiger partial charge in [-0.05, 0) is 40.4 Å². The van der Waals surface area contributed by atoms with Crippen LogP contribution in [0.1, 0.15) is 25.1 Å². The molecule has 18 heavy (non-hydrogen) atoms. The molecule has 98 valence electrons. The lowest BCUT2D eigenvalue weighted by Gasteiger charge is -2.17. The zero-order chi connectivity index (χ0) is 13.1. The minimum atomic E-state index is -0.0977. The van der Waals surface area contributed by atoms with E-state index in [2.05, 4.69) is 22.9 Å². The molecule has 4 heteroatoms. The van der Waals surface area contributed by atoms with E-state index in [1.807, 2.05) is 24.3 Å². The molecule has 1 aromatic heterocycles. The fourth-order valence-corrected chi connectivity index (χ4v) is 2.44. The SMILES string of the molecule is COCCC(C)C(N)c1cc2cccc(Br)c2o1. The third kappa shape index (κ3) is 2.76. The summed E-state index contributed by atoms with van der Waals surface area (Å²) in [7, 11) is 1.70. The third-order valence-corrected chi connectivity index (χ3v) is 3.86. The molecule has 0 spiro atoms. The number of nitrogens with two attached hydrogens (primary N) is 1. The Kier molecular flexibility index (Phi) is 4.43. The number of hydrogen-bond acceptors (Lipinski definition) is 3. The summed E-state index contributed by atoms with van der Waals surface area (Å²) in [4.78, 5) is 0. The molecular weight excluding hydrogens is 294 g/mol. The van der Waals surface area contributed by atoms with E-state index in [9.17, 15) is 0 Å². The Morgan fingerprint density at radius 2 is 2.22 bits per heavy atom. The predicted molar refractivity (Wildman–Crippen MR) is 76.5 cm³/mol. The summed E-state index contributed by atoms with van der Waals surface area (Å²) >= 11 is 3.48. The van der Waals surface area contributed by atoms with Gasteiger partial charge in [0.25, 0.3) is 0 Å². The first-order valence-electron chi connectivity index (χ1n) is 6.06. The number of fused-ring (bicyclic) bond motifs is 1. The quantitative estimate of drug-likeness (QED) is 0.912. The maximum atomic E-state index is 6.23. The number of ether oxygens (including phenoxy) is 1. The lowest BCUT2D eigenvalue weighted by Crippen LogP contribution is -2.19. The van der Waals surface area contributed by atoms with E-state index in [0.29, 0.717) is 5.92 Å². The standard InChI is InChI=1S/C14H18BrNO2/c1-9(6-7-17-2)13(16)12-8-10-4-3-5-11(15)14(10)18-12/h3-5,8-9,13H,6-7,16H2,1-2H3. The van der Waals surface area contributed by atoms with E-state index in [-0.39, 0.29) is 6.04 Å². The molecule has 3 nitrogen and oxygen atoms in total. The van der Waals surface area contributed by atoms with Gasteiger partial charge in [0, 0.05) is 19.1 Å². The van der Waals surface area contributed by atoms with Crippen molar-refractivity contribution in [1.29, 1.82) is 0 Å². The Hall–Kier alpha value is -0.840. The average Bonchev–Trinajstić information content (AvgIpc) is 2.80. The van der Waals surface area contributed by atoms with Crippen LogP contribution in [-0.4, -0.2) is 13.7 Å². The molecule has 0 saturated heterocycles. The summed E-state index contributed by atoms with van der Waals surface area (Å²) in [5.41, 5.74) is 7.09. The van der Waals surface area contributed by atoms with Crippen molar-refractivity contribution >= 4 is 26.9 Å². The van der Waals surface area contributed by atoms with Gasteiger partial charge in [-0.25, -0.2) is 0 Å². The van der Waals surface area contributed by atoms with E-state index in [1.54, 1.807) is 7.11 Å². The molecule has 0 radical (unpaired) electrons. The highest BCUT2D eigenvalue weighted by Gasteiger charge is 2.19. The molecule has 0 aliphatic heterocycles. The van der Waals surface area contributed by atoms with Gasteiger partial charge in [-0.3, -0.25) is 0 Å². The molecule has 0 bridgehead atoms. The molecular formula is C14H18BrNO2. The van der Waals surface area contributed by atoms with E-state index in [1.165, 1.54) is 0 Å². The van der Waals surface area contributed by atoms with Gasteiger partial charge in [0.1, 0.15) is 11.3 Å². The highest BCUT2D eigenvalue weighted by molar-refractivity contribution is 9.10.